The number of carbonyl (C=O) groups excluding carboxylic acids is 1. The fraction of sp³-hybridized carbons (Fsp3) is 0.312. The fourth-order valence-corrected chi connectivity index (χ4v) is 2.91. The molecule has 3 rings (SSSR count). The van der Waals surface area contributed by atoms with Crippen LogP contribution in [0.2, 0.25) is 0 Å². The molecule has 1 fully saturated rings. The van der Waals surface area contributed by atoms with Gasteiger partial charge in [0.05, 0.1) is 0 Å². The number of carbonyl (C=O) groups is 1. The van der Waals surface area contributed by atoms with Gasteiger partial charge in [0.15, 0.2) is 0 Å². The van der Waals surface area contributed by atoms with E-state index in [1.54, 1.807) is 18.5 Å². The molecule has 0 radical (unpaired) electrons. The number of nitrogens with one attached hydrogen (secondary N) is 1. The lowest BCUT2D eigenvalue weighted by Crippen LogP contribution is -2.52. The second kappa shape index (κ2) is 7.41. The van der Waals surface area contributed by atoms with E-state index in [0.717, 1.165) is 29.1 Å². The highest BCUT2D eigenvalue weighted by Crippen LogP contribution is 2.15. The largest absolute Gasteiger partial charge is 0.337 e. The summed E-state index contributed by atoms with van der Waals surface area (Å²) in [5, 5.41) is 2.97. The number of aromatic nitrogens is 2. The number of benzene rings is 1. The van der Waals surface area contributed by atoms with Crippen molar-refractivity contribution in [2.45, 2.75) is 6.54 Å². The van der Waals surface area contributed by atoms with Gasteiger partial charge in [-0.05, 0) is 17.7 Å². The lowest BCUT2D eigenvalue weighted by Gasteiger charge is -2.34. The molecular formula is C16H18BrN5O. The molecule has 2 amide bonds. The average molecular weight is 376 g/mol. The Bertz CT molecular complexity index is 659. The van der Waals surface area contributed by atoms with Gasteiger partial charge in [-0.3, -0.25) is 0 Å². The van der Waals surface area contributed by atoms with E-state index in [4.69, 9.17) is 0 Å². The maximum Gasteiger partial charge on any atom is 0.317 e. The molecule has 1 aliphatic rings. The molecule has 0 saturated carbocycles. The van der Waals surface area contributed by atoms with E-state index in [9.17, 15) is 4.79 Å². The van der Waals surface area contributed by atoms with Crippen molar-refractivity contribution in [2.75, 3.05) is 31.1 Å². The molecule has 1 aromatic heterocycles. The van der Waals surface area contributed by atoms with Crippen LogP contribution in [0.15, 0.2) is 47.2 Å². The quantitative estimate of drug-likeness (QED) is 0.893. The smallest absolute Gasteiger partial charge is 0.317 e. The summed E-state index contributed by atoms with van der Waals surface area (Å²) in [5.41, 5.74) is 1.07. The number of urea groups is 1. The molecule has 7 heteroatoms. The monoisotopic (exact) mass is 375 g/mol. The Labute approximate surface area is 143 Å². The highest BCUT2D eigenvalue weighted by atomic mass is 79.9. The number of anilines is 1. The fourth-order valence-electron chi connectivity index (χ4n) is 2.49. The van der Waals surface area contributed by atoms with E-state index >= 15 is 0 Å². The summed E-state index contributed by atoms with van der Waals surface area (Å²) >= 11 is 3.49. The molecule has 6 nitrogen and oxygen atoms in total. The van der Waals surface area contributed by atoms with E-state index < -0.39 is 0 Å². The van der Waals surface area contributed by atoms with Crippen LogP contribution in [-0.2, 0) is 6.54 Å². The topological polar surface area (TPSA) is 61.4 Å². The molecule has 0 aliphatic carbocycles. The molecule has 2 aromatic rings. The van der Waals surface area contributed by atoms with Crippen LogP contribution in [0.1, 0.15) is 5.56 Å². The summed E-state index contributed by atoms with van der Waals surface area (Å²) < 4.78 is 1.01. The van der Waals surface area contributed by atoms with E-state index in [2.05, 4.69) is 36.1 Å². The first kappa shape index (κ1) is 15.7. The molecular weight excluding hydrogens is 358 g/mol. The molecule has 0 spiro atoms. The lowest BCUT2D eigenvalue weighted by molar-refractivity contribution is 0.193. The zero-order valence-corrected chi connectivity index (χ0v) is 14.2. The van der Waals surface area contributed by atoms with Gasteiger partial charge in [-0.25, -0.2) is 14.8 Å². The number of amides is 2. The first-order valence-electron chi connectivity index (χ1n) is 7.52. The van der Waals surface area contributed by atoms with Gasteiger partial charge in [-0.1, -0.05) is 34.1 Å². The molecule has 1 aliphatic heterocycles. The number of rotatable bonds is 3. The van der Waals surface area contributed by atoms with E-state index in [1.807, 2.05) is 29.2 Å². The summed E-state index contributed by atoms with van der Waals surface area (Å²) in [5.74, 6) is 0.723. The predicted molar refractivity (Wildman–Crippen MR) is 92.2 cm³/mol. The number of piperazine rings is 1. The predicted octanol–water partition coefficient (Wildman–Crippen LogP) is 2.27. The first-order valence-corrected chi connectivity index (χ1v) is 8.31. The maximum absolute atomic E-state index is 12.3. The van der Waals surface area contributed by atoms with Crippen molar-refractivity contribution in [1.29, 1.82) is 0 Å². The Morgan fingerprint density at radius 1 is 1.09 bits per heavy atom. The van der Waals surface area contributed by atoms with Gasteiger partial charge >= 0.3 is 6.03 Å². The molecule has 0 bridgehead atoms. The zero-order valence-electron chi connectivity index (χ0n) is 12.7. The van der Waals surface area contributed by atoms with Gasteiger partial charge in [-0.2, -0.15) is 0 Å². The number of halogens is 1. The summed E-state index contributed by atoms with van der Waals surface area (Å²) in [6, 6.07) is 9.66. The van der Waals surface area contributed by atoms with Gasteiger partial charge in [0.1, 0.15) is 0 Å². The minimum Gasteiger partial charge on any atom is -0.337 e. The summed E-state index contributed by atoms with van der Waals surface area (Å²) in [4.78, 5) is 24.7. The molecule has 120 valence electrons. The molecule has 0 unspecified atom stereocenters. The van der Waals surface area contributed by atoms with E-state index in [0.29, 0.717) is 19.6 Å². The molecule has 2 heterocycles. The van der Waals surface area contributed by atoms with Crippen LogP contribution in [0.5, 0.6) is 0 Å². The SMILES string of the molecule is O=C(NCc1ccccc1Br)N1CCN(c2ncccn2)CC1. The number of hydrogen-bond donors (Lipinski definition) is 1. The maximum atomic E-state index is 12.3. The van der Waals surface area contributed by atoms with Crippen molar-refractivity contribution in [3.63, 3.8) is 0 Å². The van der Waals surface area contributed by atoms with Crippen molar-refractivity contribution in [1.82, 2.24) is 20.2 Å². The Morgan fingerprint density at radius 3 is 2.48 bits per heavy atom. The van der Waals surface area contributed by atoms with Crippen LogP contribution >= 0.6 is 15.9 Å². The lowest BCUT2D eigenvalue weighted by atomic mass is 10.2. The van der Waals surface area contributed by atoms with Crippen molar-refractivity contribution in [3.05, 3.63) is 52.8 Å². The first-order chi connectivity index (χ1) is 11.2. The Hall–Kier alpha value is -2.15. The van der Waals surface area contributed by atoms with Crippen LogP contribution in [-0.4, -0.2) is 47.1 Å². The standard InChI is InChI=1S/C16H18BrN5O/c17-14-5-2-1-4-13(14)12-20-16(23)22-10-8-21(9-11-22)15-18-6-3-7-19-15/h1-7H,8-12H2,(H,20,23). The second-order valence-electron chi connectivity index (χ2n) is 5.27. The second-order valence-corrected chi connectivity index (χ2v) is 6.13. The van der Waals surface area contributed by atoms with Crippen molar-refractivity contribution in [3.8, 4) is 0 Å². The Morgan fingerprint density at radius 2 is 1.78 bits per heavy atom. The highest BCUT2D eigenvalue weighted by Gasteiger charge is 2.22. The molecule has 1 aromatic carbocycles. The van der Waals surface area contributed by atoms with Gasteiger partial charge in [0.25, 0.3) is 0 Å². The normalized spacial score (nSPS) is 14.7. The number of hydrogen-bond acceptors (Lipinski definition) is 4. The Balaban J connectivity index is 1.50. The molecule has 1 N–H and O–H groups in total. The van der Waals surface area contributed by atoms with E-state index in [-0.39, 0.29) is 6.03 Å². The Kier molecular flexibility index (Phi) is 5.07. The number of nitrogens with zero attached hydrogens (tertiary/aromatic N) is 4. The van der Waals surface area contributed by atoms with Crippen molar-refractivity contribution < 1.29 is 4.79 Å². The minimum atomic E-state index is -0.0330. The van der Waals surface area contributed by atoms with Crippen LogP contribution in [0.25, 0.3) is 0 Å². The van der Waals surface area contributed by atoms with Crippen molar-refractivity contribution >= 4 is 27.9 Å². The van der Waals surface area contributed by atoms with Crippen LogP contribution in [0.4, 0.5) is 10.7 Å². The zero-order chi connectivity index (χ0) is 16.1. The van der Waals surface area contributed by atoms with Crippen LogP contribution in [0.3, 0.4) is 0 Å². The highest BCUT2D eigenvalue weighted by molar-refractivity contribution is 9.10. The summed E-state index contributed by atoms with van der Waals surface area (Å²) in [6.07, 6.45) is 3.47. The minimum absolute atomic E-state index is 0.0330. The molecule has 0 atom stereocenters. The third-order valence-electron chi connectivity index (χ3n) is 3.79. The summed E-state index contributed by atoms with van der Waals surface area (Å²) in [6.45, 7) is 3.33. The van der Waals surface area contributed by atoms with Crippen LogP contribution < -0.4 is 10.2 Å². The van der Waals surface area contributed by atoms with Gasteiger partial charge < -0.3 is 15.1 Å². The molecule has 23 heavy (non-hydrogen) atoms. The average Bonchev–Trinajstić information content (AvgIpc) is 2.62. The third kappa shape index (κ3) is 3.98. The summed E-state index contributed by atoms with van der Waals surface area (Å²) in [7, 11) is 0. The van der Waals surface area contributed by atoms with Crippen molar-refractivity contribution in [2.24, 2.45) is 0 Å². The van der Waals surface area contributed by atoms with Gasteiger partial charge in [-0.15, -0.1) is 0 Å². The third-order valence-corrected chi connectivity index (χ3v) is 4.56. The van der Waals surface area contributed by atoms with Gasteiger partial charge in [0, 0.05) is 49.6 Å². The van der Waals surface area contributed by atoms with Gasteiger partial charge in [0.2, 0.25) is 5.95 Å². The van der Waals surface area contributed by atoms with Crippen LogP contribution in [0, 0.1) is 0 Å². The molecule has 1 saturated heterocycles. The van der Waals surface area contributed by atoms with E-state index in [1.165, 1.54) is 0 Å².